The molecule has 2 aliphatic rings. The molecule has 2 heterocycles. The summed E-state index contributed by atoms with van der Waals surface area (Å²) in [4.78, 5) is 13.3. The van der Waals surface area contributed by atoms with Gasteiger partial charge in [0.15, 0.2) is 12.6 Å². The first-order valence-corrected chi connectivity index (χ1v) is 37.0. The second kappa shape index (κ2) is 59.4. The van der Waals surface area contributed by atoms with Crippen LogP contribution in [-0.4, -0.2) is 140 Å². The molecule has 0 bridgehead atoms. The summed E-state index contributed by atoms with van der Waals surface area (Å²) in [6.45, 7) is 2.76. The van der Waals surface area contributed by atoms with Crippen LogP contribution in [0.5, 0.6) is 0 Å². The summed E-state index contributed by atoms with van der Waals surface area (Å²) in [6.07, 6.45) is 63.3. The minimum Gasteiger partial charge on any atom is -0.394 e. The average molecular weight is 1260 g/mol. The minimum absolute atomic E-state index is 0.250. The highest BCUT2D eigenvalue weighted by molar-refractivity contribution is 5.76. The molecule has 0 aromatic heterocycles. The van der Waals surface area contributed by atoms with Crippen LogP contribution in [0.3, 0.4) is 0 Å². The van der Waals surface area contributed by atoms with Crippen LogP contribution in [0.4, 0.5) is 0 Å². The fourth-order valence-corrected chi connectivity index (χ4v) is 12.0. The number of aliphatic hydroxyl groups is 8. The highest BCUT2D eigenvalue weighted by Crippen LogP contribution is 2.30. The van der Waals surface area contributed by atoms with E-state index in [0.29, 0.717) is 12.8 Å². The second-order valence-corrected chi connectivity index (χ2v) is 26.1. The van der Waals surface area contributed by atoms with Gasteiger partial charge >= 0.3 is 0 Å². The number of ether oxygens (including phenoxy) is 4. The molecule has 0 radical (unpaired) electrons. The molecule has 0 aromatic carbocycles. The van der Waals surface area contributed by atoms with Crippen molar-refractivity contribution in [3.05, 3.63) is 60.8 Å². The van der Waals surface area contributed by atoms with Crippen molar-refractivity contribution in [3.63, 3.8) is 0 Å². The number of hydrogen-bond acceptors (Lipinski definition) is 13. The molecule has 89 heavy (non-hydrogen) atoms. The standard InChI is InChI=1S/C75H137NO13/c1-3-5-7-9-11-13-15-17-19-20-21-22-23-24-25-26-27-28-29-30-31-32-33-34-35-36-37-38-39-40-41-42-43-44-45-47-49-51-53-55-57-59-67(80)76-63(64(79)58-56-54-52-50-48-46-18-16-14-12-10-8-6-4-2)62-86-74-72(85)70(83)73(66(61-78)88-74)89-75-71(84)69(82)68(81)65(60-77)87-75/h14-17,20-21,48,50,56,58,63-66,68-75,77-79,81-85H,3-13,18-19,22-47,49,51-55,57,59-62H2,1-2H3,(H,76,80)/b16-14+,17-15-,21-20-,50-48+,58-56+. The van der Waals surface area contributed by atoms with E-state index in [4.69, 9.17) is 18.9 Å². The maximum atomic E-state index is 13.3. The molecule has 2 rings (SSSR count). The van der Waals surface area contributed by atoms with Gasteiger partial charge in [0.2, 0.25) is 5.91 Å². The molecule has 520 valence electrons. The maximum absolute atomic E-state index is 13.3. The number of carbonyl (C=O) groups excluding carboxylic acids is 1. The average Bonchev–Trinajstić information content (AvgIpc) is 3.06. The first-order valence-electron chi connectivity index (χ1n) is 37.0. The third-order valence-corrected chi connectivity index (χ3v) is 17.9. The quantitative estimate of drug-likeness (QED) is 0.0204. The number of nitrogens with one attached hydrogen (secondary N) is 1. The smallest absolute Gasteiger partial charge is 0.220 e. The summed E-state index contributed by atoms with van der Waals surface area (Å²) in [6, 6.07) is -0.937. The molecule has 2 aliphatic heterocycles. The van der Waals surface area contributed by atoms with E-state index in [-0.39, 0.29) is 18.9 Å². The lowest BCUT2D eigenvalue weighted by Gasteiger charge is -2.46. The lowest BCUT2D eigenvalue weighted by atomic mass is 9.97. The fraction of sp³-hybridized carbons (Fsp3) is 0.853. The van der Waals surface area contributed by atoms with Crippen LogP contribution in [0.1, 0.15) is 316 Å². The van der Waals surface area contributed by atoms with E-state index in [0.717, 1.165) is 51.4 Å². The Balaban J connectivity index is 1.54. The number of carbonyl (C=O) groups is 1. The second-order valence-electron chi connectivity index (χ2n) is 26.1. The molecule has 14 nitrogen and oxygen atoms in total. The number of allylic oxidation sites excluding steroid dienone is 9. The van der Waals surface area contributed by atoms with Crippen LogP contribution in [0.25, 0.3) is 0 Å². The largest absolute Gasteiger partial charge is 0.394 e. The Hall–Kier alpha value is -2.31. The van der Waals surface area contributed by atoms with E-state index in [1.54, 1.807) is 6.08 Å². The summed E-state index contributed by atoms with van der Waals surface area (Å²) < 4.78 is 22.8. The van der Waals surface area contributed by atoms with Crippen molar-refractivity contribution >= 4 is 5.91 Å². The zero-order valence-corrected chi connectivity index (χ0v) is 56.7. The zero-order chi connectivity index (χ0) is 64.5. The molecular weight excluding hydrogens is 1120 g/mol. The maximum Gasteiger partial charge on any atom is 0.220 e. The molecule has 12 atom stereocenters. The molecular formula is C75H137NO13. The van der Waals surface area contributed by atoms with E-state index in [2.05, 4.69) is 67.8 Å². The minimum atomic E-state index is -1.79. The molecule has 2 saturated heterocycles. The molecule has 9 N–H and O–H groups in total. The van der Waals surface area contributed by atoms with Gasteiger partial charge in [-0.25, -0.2) is 0 Å². The van der Waals surface area contributed by atoms with Gasteiger partial charge < -0.3 is 65.1 Å². The lowest BCUT2D eigenvalue weighted by Crippen LogP contribution is -2.65. The molecule has 0 aliphatic carbocycles. The van der Waals surface area contributed by atoms with Crippen molar-refractivity contribution in [1.29, 1.82) is 0 Å². The van der Waals surface area contributed by atoms with Gasteiger partial charge in [-0.2, -0.15) is 0 Å². The Bertz CT molecular complexity index is 1720. The van der Waals surface area contributed by atoms with Crippen LogP contribution >= 0.6 is 0 Å². The highest BCUT2D eigenvalue weighted by atomic mass is 16.7. The Morgan fingerprint density at radius 1 is 0.404 bits per heavy atom. The van der Waals surface area contributed by atoms with Gasteiger partial charge in [-0.15, -0.1) is 0 Å². The number of aliphatic hydroxyl groups excluding tert-OH is 8. The zero-order valence-electron chi connectivity index (χ0n) is 56.7. The number of hydrogen-bond donors (Lipinski definition) is 9. The van der Waals surface area contributed by atoms with Gasteiger partial charge in [0.05, 0.1) is 32.0 Å². The third-order valence-electron chi connectivity index (χ3n) is 17.9. The number of rotatable bonds is 61. The lowest BCUT2D eigenvalue weighted by molar-refractivity contribution is -0.359. The van der Waals surface area contributed by atoms with Crippen molar-refractivity contribution in [2.45, 2.75) is 389 Å². The SMILES string of the molecule is CCCCCC/C=C/CC/C=C/CC/C=C/C(O)C(COC1OC(CO)C(OC2OC(CO)C(O)C(O)C2O)C(O)C1O)NC(=O)CCCCCCCCCCCCCCCCCCCCCCCCCCCCCCC/C=C\C/C=C\CCCCCCC. The van der Waals surface area contributed by atoms with Gasteiger partial charge in [-0.3, -0.25) is 4.79 Å². The van der Waals surface area contributed by atoms with E-state index in [1.165, 1.54) is 231 Å². The molecule has 14 heteroatoms. The Morgan fingerprint density at radius 2 is 0.753 bits per heavy atom. The van der Waals surface area contributed by atoms with Crippen molar-refractivity contribution in [2.75, 3.05) is 19.8 Å². The summed E-state index contributed by atoms with van der Waals surface area (Å²) in [5, 5.41) is 87.2. The van der Waals surface area contributed by atoms with Crippen molar-refractivity contribution < 1.29 is 64.6 Å². The summed E-state index contributed by atoms with van der Waals surface area (Å²) >= 11 is 0. The van der Waals surface area contributed by atoms with Crippen LogP contribution in [-0.2, 0) is 23.7 Å². The number of unbranched alkanes of at least 4 members (excludes halogenated alkanes) is 40. The van der Waals surface area contributed by atoms with Crippen molar-refractivity contribution in [1.82, 2.24) is 5.32 Å². The topological polar surface area (TPSA) is 228 Å². The fourth-order valence-electron chi connectivity index (χ4n) is 12.0. The van der Waals surface area contributed by atoms with E-state index in [9.17, 15) is 45.6 Å². The van der Waals surface area contributed by atoms with Crippen LogP contribution in [0.2, 0.25) is 0 Å². The van der Waals surface area contributed by atoms with E-state index in [1.807, 2.05) is 6.08 Å². The molecule has 0 aromatic rings. The summed E-state index contributed by atoms with van der Waals surface area (Å²) in [7, 11) is 0. The summed E-state index contributed by atoms with van der Waals surface area (Å²) in [5.74, 6) is -0.250. The monoisotopic (exact) mass is 1260 g/mol. The summed E-state index contributed by atoms with van der Waals surface area (Å²) in [5.41, 5.74) is 0. The highest BCUT2D eigenvalue weighted by Gasteiger charge is 2.51. The first kappa shape index (κ1) is 82.8. The molecule has 0 spiro atoms. The van der Waals surface area contributed by atoms with Gasteiger partial charge in [0.1, 0.15) is 48.8 Å². The van der Waals surface area contributed by atoms with Gasteiger partial charge in [0.25, 0.3) is 0 Å². The van der Waals surface area contributed by atoms with Gasteiger partial charge in [0, 0.05) is 6.42 Å². The van der Waals surface area contributed by atoms with Crippen molar-refractivity contribution in [3.8, 4) is 0 Å². The molecule has 0 saturated carbocycles. The van der Waals surface area contributed by atoms with E-state index < -0.39 is 86.8 Å². The predicted octanol–water partition coefficient (Wildman–Crippen LogP) is 15.6. The van der Waals surface area contributed by atoms with Gasteiger partial charge in [-0.05, 0) is 77.0 Å². The first-order chi connectivity index (χ1) is 43.6. The Kier molecular flexibility index (Phi) is 55.3. The van der Waals surface area contributed by atoms with Crippen LogP contribution < -0.4 is 5.32 Å². The van der Waals surface area contributed by atoms with Gasteiger partial charge in [-0.1, -0.05) is 293 Å². The normalized spacial score (nSPS) is 23.3. The Morgan fingerprint density at radius 3 is 1.18 bits per heavy atom. The van der Waals surface area contributed by atoms with Crippen LogP contribution in [0, 0.1) is 0 Å². The predicted molar refractivity (Wildman–Crippen MR) is 364 cm³/mol. The molecule has 12 unspecified atom stereocenters. The number of amides is 1. The van der Waals surface area contributed by atoms with E-state index >= 15 is 0 Å². The Labute approximate surface area is 543 Å². The van der Waals surface area contributed by atoms with Crippen molar-refractivity contribution in [2.24, 2.45) is 0 Å². The molecule has 2 fully saturated rings. The third kappa shape index (κ3) is 43.3. The van der Waals surface area contributed by atoms with Crippen LogP contribution in [0.15, 0.2) is 60.8 Å². The molecule has 1 amide bonds.